The number of nitrogens with one attached hydrogen (secondary N) is 2. The molecule has 7 nitrogen and oxygen atoms in total. The third-order valence-electron chi connectivity index (χ3n) is 5.02. The lowest BCUT2D eigenvalue weighted by Crippen LogP contribution is -2.39. The second-order valence-corrected chi connectivity index (χ2v) is 7.68. The smallest absolute Gasteiger partial charge is 0.238 e. The Bertz CT molecular complexity index is 908. The van der Waals surface area contributed by atoms with Crippen molar-refractivity contribution in [3.8, 4) is 11.5 Å². The van der Waals surface area contributed by atoms with Gasteiger partial charge in [0.15, 0.2) is 11.5 Å². The van der Waals surface area contributed by atoms with Gasteiger partial charge >= 0.3 is 0 Å². The number of anilines is 1. The van der Waals surface area contributed by atoms with Gasteiger partial charge in [0.2, 0.25) is 11.8 Å². The first kappa shape index (κ1) is 21.6. The van der Waals surface area contributed by atoms with Crippen molar-refractivity contribution in [1.82, 2.24) is 10.2 Å². The Labute approximate surface area is 177 Å². The summed E-state index contributed by atoms with van der Waals surface area (Å²) in [4.78, 5) is 26.5. The largest absolute Gasteiger partial charge is 0.486 e. The van der Waals surface area contributed by atoms with Crippen LogP contribution < -0.4 is 20.1 Å². The van der Waals surface area contributed by atoms with E-state index in [0.29, 0.717) is 19.0 Å². The fourth-order valence-electron chi connectivity index (χ4n) is 3.44. The van der Waals surface area contributed by atoms with Crippen molar-refractivity contribution in [3.05, 3.63) is 53.1 Å². The lowest BCUT2D eigenvalue weighted by atomic mass is 10.1. The Kier molecular flexibility index (Phi) is 6.95. The number of amides is 2. The van der Waals surface area contributed by atoms with Crippen LogP contribution in [0.2, 0.25) is 0 Å². The van der Waals surface area contributed by atoms with Crippen LogP contribution in [0.5, 0.6) is 11.5 Å². The van der Waals surface area contributed by atoms with Crippen molar-refractivity contribution in [2.45, 2.75) is 26.8 Å². The van der Waals surface area contributed by atoms with Crippen LogP contribution in [0, 0.1) is 13.8 Å². The standard InChI is InChI=1S/C23H29N3O4/c1-15-6-5-7-16(2)23(15)25-22(28)14-26(4)13-21(27)24-17(3)18-8-9-19-20(12-18)30-11-10-29-19/h5-9,12,17H,10-11,13-14H2,1-4H3,(H,24,27)(H,25,28). The van der Waals surface area contributed by atoms with Crippen molar-refractivity contribution >= 4 is 17.5 Å². The molecule has 1 atom stereocenters. The van der Waals surface area contributed by atoms with E-state index < -0.39 is 0 Å². The van der Waals surface area contributed by atoms with Crippen LogP contribution in [-0.2, 0) is 9.59 Å². The van der Waals surface area contributed by atoms with Crippen LogP contribution in [0.3, 0.4) is 0 Å². The van der Waals surface area contributed by atoms with Gasteiger partial charge in [0.25, 0.3) is 0 Å². The van der Waals surface area contributed by atoms with Gasteiger partial charge in [-0.15, -0.1) is 0 Å². The Balaban J connectivity index is 1.50. The summed E-state index contributed by atoms with van der Waals surface area (Å²) in [5.74, 6) is 1.11. The van der Waals surface area contributed by atoms with Gasteiger partial charge in [-0.05, 0) is 56.6 Å². The van der Waals surface area contributed by atoms with E-state index in [9.17, 15) is 9.59 Å². The number of carbonyl (C=O) groups excluding carboxylic acids is 2. The summed E-state index contributed by atoms with van der Waals surface area (Å²) in [7, 11) is 1.75. The summed E-state index contributed by atoms with van der Waals surface area (Å²) in [6.45, 7) is 7.14. The quantitative estimate of drug-likeness (QED) is 0.732. The minimum absolute atomic E-state index is 0.120. The first-order chi connectivity index (χ1) is 14.3. The number of hydrogen-bond acceptors (Lipinski definition) is 5. The molecule has 160 valence electrons. The summed E-state index contributed by atoms with van der Waals surface area (Å²) < 4.78 is 11.1. The minimum Gasteiger partial charge on any atom is -0.486 e. The monoisotopic (exact) mass is 411 g/mol. The van der Waals surface area contributed by atoms with Gasteiger partial charge in [0.1, 0.15) is 13.2 Å². The molecule has 1 aliphatic rings. The topological polar surface area (TPSA) is 79.9 Å². The predicted molar refractivity (Wildman–Crippen MR) is 116 cm³/mol. The summed E-state index contributed by atoms with van der Waals surface area (Å²) >= 11 is 0. The molecule has 0 radical (unpaired) electrons. The highest BCUT2D eigenvalue weighted by Crippen LogP contribution is 2.32. The molecule has 3 rings (SSSR count). The van der Waals surface area contributed by atoms with Gasteiger partial charge in [-0.1, -0.05) is 24.3 Å². The number of benzene rings is 2. The lowest BCUT2D eigenvalue weighted by molar-refractivity contribution is -0.123. The fraction of sp³-hybridized carbons (Fsp3) is 0.391. The molecule has 2 amide bonds. The maximum absolute atomic E-state index is 12.4. The predicted octanol–water partition coefficient (Wildman–Crippen LogP) is 2.82. The van der Waals surface area contributed by atoms with Gasteiger partial charge in [0, 0.05) is 5.69 Å². The zero-order valence-corrected chi connectivity index (χ0v) is 18.0. The number of hydrogen-bond donors (Lipinski definition) is 2. The average molecular weight is 412 g/mol. The van der Waals surface area contributed by atoms with Gasteiger partial charge in [0.05, 0.1) is 19.1 Å². The van der Waals surface area contributed by atoms with E-state index in [4.69, 9.17) is 9.47 Å². The maximum Gasteiger partial charge on any atom is 0.238 e. The summed E-state index contributed by atoms with van der Waals surface area (Å²) in [5, 5.41) is 5.91. The normalized spacial score (nSPS) is 13.6. The molecule has 2 N–H and O–H groups in total. The Morgan fingerprint density at radius 3 is 2.33 bits per heavy atom. The molecule has 0 saturated carbocycles. The molecular formula is C23H29N3O4. The van der Waals surface area contributed by atoms with Crippen LogP contribution in [0.4, 0.5) is 5.69 Å². The van der Waals surface area contributed by atoms with Crippen LogP contribution in [0.25, 0.3) is 0 Å². The second kappa shape index (κ2) is 9.63. The minimum atomic E-state index is -0.190. The average Bonchev–Trinajstić information content (AvgIpc) is 2.70. The first-order valence-electron chi connectivity index (χ1n) is 10.1. The Hall–Kier alpha value is -3.06. The zero-order chi connectivity index (χ0) is 21.7. The van der Waals surface area contributed by atoms with Crippen molar-refractivity contribution in [2.75, 3.05) is 38.7 Å². The van der Waals surface area contributed by atoms with Crippen LogP contribution in [0.1, 0.15) is 29.7 Å². The number of carbonyl (C=O) groups is 2. The number of aryl methyl sites for hydroxylation is 2. The van der Waals surface area contributed by atoms with Gasteiger partial charge in [-0.3, -0.25) is 14.5 Å². The van der Waals surface area contributed by atoms with E-state index in [2.05, 4.69) is 10.6 Å². The third kappa shape index (κ3) is 5.51. The number of ether oxygens (including phenoxy) is 2. The zero-order valence-electron chi connectivity index (χ0n) is 18.0. The van der Waals surface area contributed by atoms with E-state index in [0.717, 1.165) is 28.1 Å². The maximum atomic E-state index is 12.4. The van der Waals surface area contributed by atoms with Crippen LogP contribution >= 0.6 is 0 Å². The van der Waals surface area contributed by atoms with Gasteiger partial charge < -0.3 is 20.1 Å². The van der Waals surface area contributed by atoms with Crippen molar-refractivity contribution in [1.29, 1.82) is 0 Å². The molecule has 1 unspecified atom stereocenters. The molecule has 30 heavy (non-hydrogen) atoms. The molecule has 7 heteroatoms. The van der Waals surface area contributed by atoms with E-state index in [1.165, 1.54) is 0 Å². The number of fused-ring (bicyclic) bond motifs is 1. The number of nitrogens with zero attached hydrogens (tertiary/aromatic N) is 1. The number of likely N-dealkylation sites (N-methyl/N-ethyl adjacent to an activating group) is 1. The molecule has 0 spiro atoms. The number of rotatable bonds is 7. The Morgan fingerprint density at radius 2 is 1.63 bits per heavy atom. The van der Waals surface area contributed by atoms with E-state index in [-0.39, 0.29) is 30.9 Å². The van der Waals surface area contributed by atoms with E-state index in [1.807, 2.05) is 57.2 Å². The summed E-state index contributed by atoms with van der Waals surface area (Å²) in [5.41, 5.74) is 3.78. The molecule has 0 fully saturated rings. The summed E-state index contributed by atoms with van der Waals surface area (Å²) in [6, 6.07) is 11.3. The molecule has 0 saturated heterocycles. The molecule has 0 aliphatic carbocycles. The molecule has 2 aromatic carbocycles. The molecule has 0 aromatic heterocycles. The van der Waals surface area contributed by atoms with Crippen molar-refractivity contribution in [2.24, 2.45) is 0 Å². The van der Waals surface area contributed by atoms with Crippen molar-refractivity contribution in [3.63, 3.8) is 0 Å². The van der Waals surface area contributed by atoms with E-state index in [1.54, 1.807) is 11.9 Å². The summed E-state index contributed by atoms with van der Waals surface area (Å²) in [6.07, 6.45) is 0. The lowest BCUT2D eigenvalue weighted by Gasteiger charge is -2.22. The third-order valence-corrected chi connectivity index (χ3v) is 5.02. The molecular weight excluding hydrogens is 382 g/mol. The second-order valence-electron chi connectivity index (χ2n) is 7.68. The van der Waals surface area contributed by atoms with Gasteiger partial charge in [-0.2, -0.15) is 0 Å². The first-order valence-corrected chi connectivity index (χ1v) is 10.1. The van der Waals surface area contributed by atoms with Crippen LogP contribution in [-0.4, -0.2) is 50.1 Å². The molecule has 1 aliphatic heterocycles. The van der Waals surface area contributed by atoms with Gasteiger partial charge in [-0.25, -0.2) is 0 Å². The fourth-order valence-corrected chi connectivity index (χ4v) is 3.44. The molecule has 0 bridgehead atoms. The molecule has 1 heterocycles. The SMILES string of the molecule is Cc1cccc(C)c1NC(=O)CN(C)CC(=O)NC(C)c1ccc2c(c1)OCCO2. The highest BCUT2D eigenvalue weighted by molar-refractivity contribution is 5.94. The highest BCUT2D eigenvalue weighted by atomic mass is 16.6. The van der Waals surface area contributed by atoms with Crippen LogP contribution in [0.15, 0.2) is 36.4 Å². The highest BCUT2D eigenvalue weighted by Gasteiger charge is 2.17. The van der Waals surface area contributed by atoms with Crippen molar-refractivity contribution < 1.29 is 19.1 Å². The molecule has 2 aromatic rings. The number of para-hydroxylation sites is 1. The van der Waals surface area contributed by atoms with E-state index >= 15 is 0 Å². The Morgan fingerprint density at radius 1 is 1.00 bits per heavy atom.